The van der Waals surface area contributed by atoms with Gasteiger partial charge in [0.1, 0.15) is 18.1 Å². The third-order valence-electron chi connectivity index (χ3n) is 7.54. The van der Waals surface area contributed by atoms with Crippen molar-refractivity contribution in [2.75, 3.05) is 13.6 Å². The molecule has 0 spiro atoms. The average Bonchev–Trinajstić information content (AvgIpc) is 3.67. The van der Waals surface area contributed by atoms with Gasteiger partial charge in [-0.3, -0.25) is 19.2 Å². The number of nitrogens with zero attached hydrogens (tertiary/aromatic N) is 4. The maximum atomic E-state index is 13.9. The number of nitrogens with one attached hydrogen (secondary N) is 3. The van der Waals surface area contributed by atoms with E-state index >= 15 is 0 Å². The number of hydrogen-bond acceptors (Lipinski definition) is 8. The first-order valence-corrected chi connectivity index (χ1v) is 15.1. The van der Waals surface area contributed by atoms with Crippen LogP contribution in [0.5, 0.6) is 0 Å². The Morgan fingerprint density at radius 3 is 2.21 bits per heavy atom. The van der Waals surface area contributed by atoms with E-state index in [1.165, 1.54) is 4.90 Å². The number of carboxylic acids is 1. The largest absolute Gasteiger partial charge is 0.490 e. The minimum absolute atomic E-state index is 0.201. The highest BCUT2D eigenvalue weighted by Crippen LogP contribution is 2.29. The summed E-state index contributed by atoms with van der Waals surface area (Å²) in [4.78, 5) is 62.9. The number of carbonyl (C=O) groups is 5. The van der Waals surface area contributed by atoms with Gasteiger partial charge in [0.2, 0.25) is 23.6 Å². The molecule has 4 amide bonds. The monoisotopic (exact) mass is 668 g/mol. The van der Waals surface area contributed by atoms with Crippen LogP contribution >= 0.6 is 0 Å². The van der Waals surface area contributed by atoms with E-state index in [4.69, 9.17) is 15.6 Å². The normalized spacial score (nSPS) is 18.0. The van der Waals surface area contributed by atoms with Crippen molar-refractivity contribution in [2.24, 2.45) is 11.7 Å². The van der Waals surface area contributed by atoms with Crippen LogP contribution in [0.2, 0.25) is 0 Å². The van der Waals surface area contributed by atoms with Gasteiger partial charge in [0.05, 0.1) is 17.8 Å². The number of halogens is 3. The number of likely N-dealkylation sites (N-methyl/N-ethyl adjacent to an activating group) is 1. The summed E-state index contributed by atoms with van der Waals surface area (Å²) in [7, 11) is 1.66. The van der Waals surface area contributed by atoms with Gasteiger partial charge in [-0.2, -0.15) is 13.2 Å². The Labute approximate surface area is 270 Å². The lowest BCUT2D eigenvalue weighted by atomic mass is 10.0. The molecule has 17 heteroatoms. The Hall–Kier alpha value is -4.54. The van der Waals surface area contributed by atoms with Crippen molar-refractivity contribution in [1.29, 1.82) is 0 Å². The number of rotatable bonds is 13. The number of amides is 4. The summed E-state index contributed by atoms with van der Waals surface area (Å²) in [5.74, 6) is -4.83. The number of hydrogen-bond donors (Lipinski definition) is 5. The van der Waals surface area contributed by atoms with Crippen molar-refractivity contribution < 1.29 is 42.3 Å². The van der Waals surface area contributed by atoms with Crippen LogP contribution in [-0.4, -0.2) is 98.5 Å². The molecule has 1 saturated heterocycles. The van der Waals surface area contributed by atoms with Crippen molar-refractivity contribution in [2.45, 2.75) is 89.8 Å². The second kappa shape index (κ2) is 17.4. The molecule has 1 fully saturated rings. The smallest absolute Gasteiger partial charge is 0.475 e. The van der Waals surface area contributed by atoms with Gasteiger partial charge in [-0.15, -0.1) is 5.10 Å². The minimum Gasteiger partial charge on any atom is -0.475 e. The zero-order chi connectivity index (χ0) is 35.5. The van der Waals surface area contributed by atoms with Crippen LogP contribution in [-0.2, 0) is 36.8 Å². The molecule has 0 saturated carbocycles. The van der Waals surface area contributed by atoms with E-state index in [9.17, 15) is 32.3 Å². The Bertz CT molecular complexity index is 1370. The molecular weight excluding hydrogens is 625 g/mol. The molecule has 5 atom stereocenters. The number of likely N-dealkylation sites (tertiary alicyclic amines) is 1. The van der Waals surface area contributed by atoms with E-state index in [1.807, 2.05) is 50.4 Å². The third-order valence-corrected chi connectivity index (χ3v) is 7.54. The molecule has 2 heterocycles. The molecule has 260 valence electrons. The van der Waals surface area contributed by atoms with Gasteiger partial charge in [-0.1, -0.05) is 62.7 Å². The number of carbonyl (C=O) groups excluding carboxylic acids is 4. The summed E-state index contributed by atoms with van der Waals surface area (Å²) in [6.45, 7) is 7.64. The Morgan fingerprint density at radius 1 is 1.09 bits per heavy atom. The molecule has 1 aliphatic heterocycles. The molecule has 0 unspecified atom stereocenters. The standard InChI is InChI=1S/C28H42N8O4.C2HF3O2/c1-6-10-20-15-36(34-33-20)21-14-23(27(39)31-22(25(29)37)13-19-11-8-7-9-12-19)35(16-21)28(40)24(17(2)3)32-26(38)18(4)30-5;3-2(4,5)1(6)7/h7-9,11-12,15,17-18,21-24,30H,6,10,13-14,16H2,1-5H3,(H2,29,37)(H,31,39)(H,32,38);(H,6,7)/t18-,21-,22-,23-,24-;/m0./s1. The van der Waals surface area contributed by atoms with Gasteiger partial charge in [0, 0.05) is 25.6 Å². The van der Waals surface area contributed by atoms with Crippen LogP contribution in [0.1, 0.15) is 57.8 Å². The van der Waals surface area contributed by atoms with Crippen LogP contribution in [0.25, 0.3) is 0 Å². The van der Waals surface area contributed by atoms with E-state index in [1.54, 1.807) is 18.7 Å². The quantitative estimate of drug-likeness (QED) is 0.206. The van der Waals surface area contributed by atoms with Crippen LogP contribution in [0.15, 0.2) is 36.5 Å². The predicted octanol–water partition coefficient (Wildman–Crippen LogP) is 0.967. The summed E-state index contributed by atoms with van der Waals surface area (Å²) in [5.41, 5.74) is 7.33. The molecule has 0 radical (unpaired) electrons. The van der Waals surface area contributed by atoms with Crippen molar-refractivity contribution in [3.8, 4) is 0 Å². The SMILES string of the molecule is CCCc1cn([C@H]2C[C@@H](C(=O)N[C@@H](Cc3ccccc3)C(N)=O)N(C(=O)[C@@H](NC(=O)[C@H](C)NC)C(C)C)C2)nn1.O=C(O)C(F)(F)F. The van der Waals surface area contributed by atoms with E-state index < -0.39 is 48.1 Å². The van der Waals surface area contributed by atoms with E-state index in [0.717, 1.165) is 24.1 Å². The summed E-state index contributed by atoms with van der Waals surface area (Å²) in [6.07, 6.45) is -1.06. The summed E-state index contributed by atoms with van der Waals surface area (Å²) in [5, 5.41) is 24.1. The molecule has 0 aliphatic carbocycles. The van der Waals surface area contributed by atoms with Crippen LogP contribution in [0.3, 0.4) is 0 Å². The van der Waals surface area contributed by atoms with Crippen molar-refractivity contribution >= 4 is 29.6 Å². The topological polar surface area (TPSA) is 202 Å². The summed E-state index contributed by atoms with van der Waals surface area (Å²) in [6, 6.07) is 5.75. The maximum Gasteiger partial charge on any atom is 0.490 e. The van der Waals surface area contributed by atoms with Crippen molar-refractivity contribution in [3.63, 3.8) is 0 Å². The molecule has 0 bridgehead atoms. The zero-order valence-corrected chi connectivity index (χ0v) is 27.0. The Balaban J connectivity index is 0.000000984. The van der Waals surface area contributed by atoms with E-state index in [-0.39, 0.29) is 43.2 Å². The second-order valence-corrected chi connectivity index (χ2v) is 11.5. The van der Waals surface area contributed by atoms with Gasteiger partial charge in [-0.05, 0) is 31.9 Å². The maximum absolute atomic E-state index is 13.9. The number of aliphatic carboxylic acids is 1. The van der Waals surface area contributed by atoms with Gasteiger partial charge in [-0.25, -0.2) is 9.48 Å². The number of primary amides is 1. The van der Waals surface area contributed by atoms with Gasteiger partial charge < -0.3 is 31.7 Å². The van der Waals surface area contributed by atoms with E-state index in [2.05, 4.69) is 33.2 Å². The molecule has 2 aromatic rings. The second-order valence-electron chi connectivity index (χ2n) is 11.5. The van der Waals surface area contributed by atoms with Gasteiger partial charge in [0.15, 0.2) is 0 Å². The number of nitrogens with two attached hydrogens (primary N) is 1. The number of carboxylic acid groups (broad SMARTS) is 1. The average molecular weight is 669 g/mol. The minimum atomic E-state index is -5.08. The molecule has 1 aliphatic rings. The number of alkyl halides is 3. The molecule has 6 N–H and O–H groups in total. The van der Waals surface area contributed by atoms with Crippen LogP contribution in [0, 0.1) is 5.92 Å². The first-order valence-electron chi connectivity index (χ1n) is 15.1. The molecule has 47 heavy (non-hydrogen) atoms. The fraction of sp³-hybridized carbons (Fsp3) is 0.567. The summed E-state index contributed by atoms with van der Waals surface area (Å²) >= 11 is 0. The van der Waals surface area contributed by atoms with Crippen LogP contribution in [0.4, 0.5) is 13.2 Å². The lowest BCUT2D eigenvalue weighted by Gasteiger charge is -2.31. The summed E-state index contributed by atoms with van der Waals surface area (Å²) < 4.78 is 33.4. The number of aromatic nitrogens is 3. The first-order chi connectivity index (χ1) is 22.0. The molecular formula is C30H43F3N8O6. The number of aryl methyl sites for hydroxylation is 1. The van der Waals surface area contributed by atoms with E-state index in [0.29, 0.717) is 0 Å². The molecule has 1 aromatic carbocycles. The number of benzene rings is 1. The fourth-order valence-electron chi connectivity index (χ4n) is 4.80. The first kappa shape index (κ1) is 38.6. The highest BCUT2D eigenvalue weighted by atomic mass is 19.4. The van der Waals surface area contributed by atoms with Crippen molar-refractivity contribution in [3.05, 3.63) is 47.8 Å². The zero-order valence-electron chi connectivity index (χ0n) is 27.0. The highest BCUT2D eigenvalue weighted by Gasteiger charge is 2.44. The predicted molar refractivity (Wildman–Crippen MR) is 163 cm³/mol. The molecule has 1 aromatic heterocycles. The lowest BCUT2D eigenvalue weighted by Crippen LogP contribution is -2.58. The highest BCUT2D eigenvalue weighted by molar-refractivity contribution is 5.95. The molecule has 14 nitrogen and oxygen atoms in total. The Kier molecular flexibility index (Phi) is 14.3. The molecule has 3 rings (SSSR count). The van der Waals surface area contributed by atoms with Crippen LogP contribution < -0.4 is 21.7 Å². The van der Waals surface area contributed by atoms with Crippen molar-refractivity contribution in [1.82, 2.24) is 35.8 Å². The van der Waals surface area contributed by atoms with Gasteiger partial charge >= 0.3 is 12.1 Å². The van der Waals surface area contributed by atoms with Gasteiger partial charge in [0.25, 0.3) is 0 Å². The Morgan fingerprint density at radius 2 is 1.70 bits per heavy atom. The fourth-order valence-corrected chi connectivity index (χ4v) is 4.80. The third kappa shape index (κ3) is 11.3. The lowest BCUT2D eigenvalue weighted by molar-refractivity contribution is -0.192.